The van der Waals surface area contributed by atoms with Gasteiger partial charge >= 0.3 is 102 Å². The van der Waals surface area contributed by atoms with E-state index in [1.807, 2.05) is 25.1 Å². The molecule has 15 heavy (non-hydrogen) atoms. The summed E-state index contributed by atoms with van der Waals surface area (Å²) in [6.45, 7) is 1.99. The third kappa shape index (κ3) is 2.85. The van der Waals surface area contributed by atoms with E-state index in [4.69, 9.17) is 27.4 Å². The Morgan fingerprint density at radius 3 is 1.93 bits per heavy atom. The van der Waals surface area contributed by atoms with Gasteiger partial charge in [-0.2, -0.15) is 0 Å². The van der Waals surface area contributed by atoms with Gasteiger partial charge in [0.2, 0.25) is 0 Å². The van der Waals surface area contributed by atoms with E-state index in [1.165, 1.54) is 0 Å². The van der Waals surface area contributed by atoms with Gasteiger partial charge in [-0.1, -0.05) is 0 Å². The number of halogens is 2. The fourth-order valence-electron chi connectivity index (χ4n) is 1.26. The molecule has 5 heteroatoms. The monoisotopic (exact) mass is 366 g/mol. The molecule has 0 radical (unpaired) electrons. The van der Waals surface area contributed by atoms with E-state index in [-0.39, 0.29) is 0 Å². The van der Waals surface area contributed by atoms with Crippen LogP contribution in [0.2, 0.25) is 4.47 Å². The first-order valence-corrected chi connectivity index (χ1v) is 13.2. The molecule has 0 heterocycles. The van der Waals surface area contributed by atoms with E-state index in [1.54, 1.807) is 14.2 Å². The van der Waals surface area contributed by atoms with Gasteiger partial charge in [0.25, 0.3) is 0 Å². The van der Waals surface area contributed by atoms with Crippen molar-refractivity contribution in [3.8, 4) is 11.5 Å². The van der Waals surface area contributed by atoms with Gasteiger partial charge in [0, 0.05) is 0 Å². The number of rotatable bonds is 4. The molecule has 0 spiro atoms. The van der Waals surface area contributed by atoms with E-state index < -0.39 is 15.9 Å². The summed E-state index contributed by atoms with van der Waals surface area (Å²) in [5.74, 6) is 1.45. The normalized spacial score (nSPS) is 12.3. The fraction of sp³-hybridized carbons (Fsp3) is 0.400. The summed E-state index contributed by atoms with van der Waals surface area (Å²) in [6.07, 6.45) is 0. The predicted octanol–water partition coefficient (Wildman–Crippen LogP) is 2.85. The number of hydrogen-bond donors (Lipinski definition) is 0. The minimum absolute atomic E-state index is 0.724. The number of ether oxygens (including phenoxy) is 2. The first kappa shape index (κ1) is 13.3. The van der Waals surface area contributed by atoms with Crippen molar-refractivity contribution in [3.05, 3.63) is 18.2 Å². The van der Waals surface area contributed by atoms with Gasteiger partial charge in [0.15, 0.2) is 0 Å². The van der Waals surface area contributed by atoms with Crippen LogP contribution in [0.25, 0.3) is 0 Å². The van der Waals surface area contributed by atoms with Crippen LogP contribution in [0.15, 0.2) is 18.2 Å². The molecule has 1 aromatic rings. The third-order valence-electron chi connectivity index (χ3n) is 2.04. The Hall–Kier alpha value is 0.190. The van der Waals surface area contributed by atoms with Crippen molar-refractivity contribution in [3.63, 3.8) is 0 Å². The van der Waals surface area contributed by atoms with Crippen LogP contribution in [0.4, 0.5) is 0 Å². The first-order valence-electron chi connectivity index (χ1n) is 4.48. The molecule has 2 nitrogen and oxygen atoms in total. The van der Waals surface area contributed by atoms with Gasteiger partial charge in [-0.3, -0.25) is 0 Å². The Bertz CT molecular complexity index is 320. The van der Waals surface area contributed by atoms with Crippen LogP contribution in [-0.4, -0.2) is 30.2 Å². The molecule has 0 N–H and O–H groups in total. The predicted molar refractivity (Wildman–Crippen MR) is 67.1 cm³/mol. The molecule has 0 amide bonds. The molecular formula is C10H14Cl2O2Te. The van der Waals surface area contributed by atoms with Crippen LogP contribution >= 0.6 is 17.9 Å². The van der Waals surface area contributed by atoms with Crippen molar-refractivity contribution in [2.75, 3.05) is 14.2 Å². The van der Waals surface area contributed by atoms with Crippen LogP contribution in [0.3, 0.4) is 0 Å². The zero-order chi connectivity index (χ0) is 11.5. The molecule has 0 saturated heterocycles. The molecule has 0 aliphatic rings. The fourth-order valence-corrected chi connectivity index (χ4v) is 6.66. The molecule has 0 aliphatic carbocycles. The average Bonchev–Trinajstić information content (AvgIpc) is 2.27. The first-order chi connectivity index (χ1) is 7.06. The summed E-state index contributed by atoms with van der Waals surface area (Å²) in [5.41, 5.74) is 0. The van der Waals surface area contributed by atoms with Crippen LogP contribution in [-0.2, 0) is 0 Å². The molecule has 0 aromatic heterocycles. The molecule has 1 aromatic carbocycles. The van der Waals surface area contributed by atoms with Crippen molar-refractivity contribution in [1.29, 1.82) is 0 Å². The second-order valence-electron chi connectivity index (χ2n) is 2.86. The van der Waals surface area contributed by atoms with E-state index in [0.717, 1.165) is 19.6 Å². The van der Waals surface area contributed by atoms with Crippen LogP contribution in [0, 0.1) is 0 Å². The van der Waals surface area contributed by atoms with Crippen molar-refractivity contribution in [1.82, 2.24) is 0 Å². The molecule has 0 fully saturated rings. The van der Waals surface area contributed by atoms with Crippen molar-refractivity contribution >= 4 is 37.5 Å². The third-order valence-corrected chi connectivity index (χ3v) is 12.0. The number of methoxy groups -OCH3 is 2. The Morgan fingerprint density at radius 1 is 1.13 bits per heavy atom. The summed E-state index contributed by atoms with van der Waals surface area (Å²) in [7, 11) is 16.0. The van der Waals surface area contributed by atoms with Gasteiger partial charge < -0.3 is 0 Å². The Balaban J connectivity index is 3.34. The van der Waals surface area contributed by atoms with Crippen molar-refractivity contribution < 1.29 is 9.47 Å². The summed E-state index contributed by atoms with van der Waals surface area (Å²) >= 11 is -3.04. The van der Waals surface area contributed by atoms with E-state index >= 15 is 0 Å². The standard InChI is InChI=1S/C10H14Cl2O2Te/c1-4-15(11,12)10-8(13-2)6-5-7-9(10)14-3/h5-7H,4H2,1-3H3. The molecule has 0 unspecified atom stereocenters. The van der Waals surface area contributed by atoms with E-state index in [2.05, 4.69) is 0 Å². The second-order valence-corrected chi connectivity index (χ2v) is 17.1. The number of hydrogen-bond acceptors (Lipinski definition) is 2. The van der Waals surface area contributed by atoms with E-state index in [0.29, 0.717) is 0 Å². The van der Waals surface area contributed by atoms with Gasteiger partial charge in [0.1, 0.15) is 0 Å². The maximum atomic E-state index is 6.41. The Morgan fingerprint density at radius 2 is 1.60 bits per heavy atom. The Labute approximate surface area is 102 Å². The second kappa shape index (κ2) is 5.50. The quantitative estimate of drug-likeness (QED) is 0.765. The zero-order valence-corrected chi connectivity index (χ0v) is 12.8. The number of benzene rings is 1. The molecule has 0 saturated carbocycles. The summed E-state index contributed by atoms with van der Waals surface area (Å²) in [4.78, 5) is 0. The van der Waals surface area contributed by atoms with Crippen molar-refractivity contribution in [2.24, 2.45) is 0 Å². The van der Waals surface area contributed by atoms with Gasteiger partial charge in [-0.25, -0.2) is 0 Å². The van der Waals surface area contributed by atoms with Crippen LogP contribution < -0.4 is 13.1 Å². The topological polar surface area (TPSA) is 18.5 Å². The molecule has 0 bridgehead atoms. The molecule has 1 rings (SSSR count). The van der Waals surface area contributed by atoms with Gasteiger partial charge in [0.05, 0.1) is 0 Å². The van der Waals surface area contributed by atoms with Gasteiger partial charge in [-0.15, -0.1) is 0 Å². The van der Waals surface area contributed by atoms with Crippen LogP contribution in [0.1, 0.15) is 6.92 Å². The summed E-state index contributed by atoms with van der Waals surface area (Å²) in [5, 5.41) is 0. The Kier molecular flexibility index (Phi) is 4.86. The zero-order valence-electron chi connectivity index (χ0n) is 8.92. The minimum atomic E-state index is -3.04. The van der Waals surface area contributed by atoms with Gasteiger partial charge in [-0.05, 0) is 0 Å². The SMILES string of the molecule is CC[Te](Cl)(Cl)c1c(OC)cccc1OC. The van der Waals surface area contributed by atoms with Crippen LogP contribution in [0.5, 0.6) is 11.5 Å². The summed E-state index contributed by atoms with van der Waals surface area (Å²) in [6, 6.07) is 5.58. The average molecular weight is 365 g/mol. The molecule has 0 aliphatic heterocycles. The molecular weight excluding hydrogens is 351 g/mol. The van der Waals surface area contributed by atoms with Crippen molar-refractivity contribution in [2.45, 2.75) is 11.4 Å². The maximum absolute atomic E-state index is 6.41. The molecule has 0 atom stereocenters. The molecule has 86 valence electrons. The van der Waals surface area contributed by atoms with E-state index in [9.17, 15) is 0 Å². The summed E-state index contributed by atoms with van der Waals surface area (Å²) < 4.78 is 12.2.